The molecule has 9 atom stereocenters. The van der Waals surface area contributed by atoms with E-state index in [9.17, 15) is 37.2 Å². The summed E-state index contributed by atoms with van der Waals surface area (Å²) in [6.07, 6.45) is -5.85. The molecule has 2 fully saturated rings. The first-order valence-electron chi connectivity index (χ1n) is 36.0. The first-order chi connectivity index (χ1) is 52.6. The van der Waals surface area contributed by atoms with Crippen LogP contribution < -0.4 is 41.0 Å². The minimum atomic E-state index is -4.90. The number of aromatic amines is 1. The summed E-state index contributed by atoms with van der Waals surface area (Å²) in [5.41, 5.74) is 0.852. The lowest BCUT2D eigenvalue weighted by Crippen LogP contribution is -2.54. The van der Waals surface area contributed by atoms with Crippen molar-refractivity contribution in [2.45, 2.75) is 166 Å². The third kappa shape index (κ3) is 19.1. The number of alkyl halides is 1. The summed E-state index contributed by atoms with van der Waals surface area (Å²) in [6, 6.07) is 35.2. The summed E-state index contributed by atoms with van der Waals surface area (Å²) >= 11 is 0. The first-order valence-corrected chi connectivity index (χ1v) is 40.3. The van der Waals surface area contributed by atoms with E-state index in [0.717, 1.165) is 5.56 Å². The van der Waals surface area contributed by atoms with Crippen LogP contribution in [0.15, 0.2) is 157 Å². The fraction of sp³-hybridized carbons (Fsp3) is 0.416. The van der Waals surface area contributed by atoms with Gasteiger partial charge in [0.15, 0.2) is 43.8 Å². The molecule has 9 aromatic rings. The molecule has 5 aromatic carbocycles. The second kappa shape index (κ2) is 33.9. The zero-order valence-electron chi connectivity index (χ0n) is 64.0. The molecule has 2 aliphatic rings. The Morgan fingerprint density at radius 1 is 0.757 bits per heavy atom. The molecular formula is C77H93FN14O17SSi. The van der Waals surface area contributed by atoms with Crippen molar-refractivity contribution in [1.82, 2.24) is 59.3 Å². The van der Waals surface area contributed by atoms with Gasteiger partial charge in [0.1, 0.15) is 71.5 Å². The van der Waals surface area contributed by atoms with Crippen molar-refractivity contribution in [2.24, 2.45) is 5.92 Å². The maximum atomic E-state index is 17.2. The number of nitrogens with zero attached hydrogens (tertiary/aromatic N) is 8. The largest absolute Gasteiger partial charge is 0.497 e. The number of anilines is 2. The number of rotatable bonds is 29. The zero-order valence-corrected chi connectivity index (χ0v) is 65.9. The van der Waals surface area contributed by atoms with Crippen molar-refractivity contribution >= 4 is 82.5 Å². The summed E-state index contributed by atoms with van der Waals surface area (Å²) in [5, 5.41) is 10.2. The molecule has 0 spiro atoms. The summed E-state index contributed by atoms with van der Waals surface area (Å²) in [4.78, 5) is 107. The van der Waals surface area contributed by atoms with Crippen LogP contribution in [0.25, 0.3) is 22.3 Å². The topological polar surface area (TPSA) is 373 Å². The average Bonchev–Trinajstić information content (AvgIpc) is 1.50. The highest BCUT2D eigenvalue weighted by molar-refractivity contribution is 7.84. The fourth-order valence-electron chi connectivity index (χ4n) is 12.6. The number of carbonyl (C=O) groups is 5. The Kier molecular flexibility index (Phi) is 24.9. The standard InChI is InChI=1S/C77H93FN14O17SSi/c1-45(2)61(86-73(97)107-75(4,5)6)68(95)84-46(3)66(93)85-52-30-24-47(25-31-52)40-103-74(98)90(10)39-48-20-18-19-23-56(48)67(94)88-72-87-65-62(69(96)89-72)82-44-92(65)70-58(36-55(105-70)41-104-77(49-21-16-15-17-22-49,50-26-32-53(101-11)33-27-50)51-28-34-54(102-12)35-29-51)108-110(99,100)83-38-59-63(109-111(13,14)76(7,8)9)60(78)71(106-59)91-43-81-57-37-79-42-80-64(57)91/h15-35,37,42-46,55,58-61,63,70-71,83H,36,38-41H2,1-14H3,(H,84,95)(H,85,93)(H,86,97)(H2,87,88,89,94,96)/t46-,55-,58+,59+,60+,61-,63+,70+,71+/m0/s1. The monoisotopic (exact) mass is 1560 g/mol. The smallest absolute Gasteiger partial charge is 0.410 e. The summed E-state index contributed by atoms with van der Waals surface area (Å²) in [5.74, 6) is -1.35. The third-order valence-electron chi connectivity index (χ3n) is 19.4. The Bertz CT molecular complexity index is 4920. The van der Waals surface area contributed by atoms with Gasteiger partial charge in [-0.3, -0.25) is 38.6 Å². The lowest BCUT2D eigenvalue weighted by molar-refractivity contribution is -0.128. The number of carbonyl (C=O) groups excluding carboxylic acids is 5. The summed E-state index contributed by atoms with van der Waals surface area (Å²) < 4.78 is 108. The summed E-state index contributed by atoms with van der Waals surface area (Å²) in [7, 11) is -3.08. The van der Waals surface area contributed by atoms with Crippen LogP contribution in [0.5, 0.6) is 11.5 Å². The number of benzene rings is 5. The van der Waals surface area contributed by atoms with E-state index in [4.69, 9.17) is 41.8 Å². The van der Waals surface area contributed by atoms with Gasteiger partial charge < -0.3 is 58.4 Å². The number of amides is 5. The maximum absolute atomic E-state index is 17.2. The van der Waals surface area contributed by atoms with E-state index < -0.39 is 132 Å². The molecule has 6 N–H and O–H groups in total. The molecule has 111 heavy (non-hydrogen) atoms. The molecule has 0 unspecified atom stereocenters. The van der Waals surface area contributed by atoms with E-state index in [2.05, 4.69) is 55.9 Å². The molecule has 11 rings (SSSR count). The minimum absolute atomic E-state index is 0.0874. The predicted octanol–water partition coefficient (Wildman–Crippen LogP) is 10.1. The molecule has 2 aliphatic heterocycles. The predicted molar refractivity (Wildman–Crippen MR) is 410 cm³/mol. The normalized spacial score (nSPS) is 18.8. The van der Waals surface area contributed by atoms with Gasteiger partial charge >= 0.3 is 22.5 Å². The van der Waals surface area contributed by atoms with E-state index in [1.54, 1.807) is 91.3 Å². The Balaban J connectivity index is 0.816. The lowest BCUT2D eigenvalue weighted by atomic mass is 9.80. The molecule has 4 aromatic heterocycles. The highest BCUT2D eigenvalue weighted by Crippen LogP contribution is 2.46. The number of hydrogen-bond acceptors (Lipinski definition) is 22. The molecular weight excluding hydrogens is 1470 g/mol. The summed E-state index contributed by atoms with van der Waals surface area (Å²) in [6.45, 7) is 18.9. The number of ether oxygens (including phenoxy) is 7. The number of fused-ring (bicyclic) bond motifs is 2. The Hall–Kier alpha value is -10.6. The van der Waals surface area contributed by atoms with Gasteiger partial charge in [0.25, 0.3) is 11.5 Å². The quantitative estimate of drug-likeness (QED) is 0.0187. The van der Waals surface area contributed by atoms with E-state index in [-0.39, 0.29) is 60.4 Å². The van der Waals surface area contributed by atoms with Crippen molar-refractivity contribution < 1.29 is 78.5 Å². The molecule has 0 radical (unpaired) electrons. The molecule has 0 bridgehead atoms. The van der Waals surface area contributed by atoms with Crippen molar-refractivity contribution in [2.75, 3.05) is 45.1 Å². The van der Waals surface area contributed by atoms with Crippen LogP contribution in [0.1, 0.15) is 119 Å². The fourth-order valence-corrected chi connectivity index (χ4v) is 14.9. The van der Waals surface area contributed by atoms with Crippen molar-refractivity contribution in [3.05, 3.63) is 196 Å². The van der Waals surface area contributed by atoms with Gasteiger partial charge in [-0.1, -0.05) is 120 Å². The van der Waals surface area contributed by atoms with E-state index in [1.165, 1.54) is 59.3 Å². The van der Waals surface area contributed by atoms with E-state index >= 15 is 4.39 Å². The molecule has 0 aliphatic carbocycles. The van der Waals surface area contributed by atoms with Crippen LogP contribution in [0.2, 0.25) is 18.1 Å². The Morgan fingerprint density at radius 3 is 2.03 bits per heavy atom. The maximum Gasteiger partial charge on any atom is 0.410 e. The number of H-pyrrole nitrogens is 1. The number of hydrogen-bond donors (Lipinski definition) is 6. The van der Waals surface area contributed by atoms with Gasteiger partial charge in [-0.05, 0) is 122 Å². The van der Waals surface area contributed by atoms with Gasteiger partial charge in [0.2, 0.25) is 17.8 Å². The molecule has 31 nitrogen and oxygen atoms in total. The minimum Gasteiger partial charge on any atom is -0.497 e. The van der Waals surface area contributed by atoms with Crippen LogP contribution in [0.3, 0.4) is 0 Å². The SMILES string of the molecule is COc1ccc(C(OC[C@@H]2C[C@@H](OS(=O)(=O)NC[C@H]3O[C@@H](n4cnc5cncnc54)[C@H](F)[C@@H]3O[Si](C)(C)C(C)(C)C)[C@H](n3cnc4c(=O)[nH]c(NC(=O)c5ccccc5CN(C)C(=O)OCc5ccc(NC(=O)[C@H](C)NC(=O)[C@@H](NC(=O)OC(C)(C)C)C(C)C)cc5)nc43)O2)(c2ccccc2)c2ccc(OC)cc2)cc1. The Labute approximate surface area is 642 Å². The van der Waals surface area contributed by atoms with Gasteiger partial charge in [0.05, 0.1) is 45.8 Å². The van der Waals surface area contributed by atoms with Crippen LogP contribution in [-0.4, -0.2) is 173 Å². The van der Waals surface area contributed by atoms with Crippen molar-refractivity contribution in [1.29, 1.82) is 0 Å². The number of aromatic nitrogens is 8. The molecule has 6 heterocycles. The highest BCUT2D eigenvalue weighted by atomic mass is 32.2. The second-order valence-corrected chi connectivity index (χ2v) is 36.1. The van der Waals surface area contributed by atoms with Crippen molar-refractivity contribution in [3.63, 3.8) is 0 Å². The second-order valence-electron chi connectivity index (χ2n) is 29.9. The Morgan fingerprint density at radius 2 is 1.39 bits per heavy atom. The van der Waals surface area contributed by atoms with Gasteiger partial charge in [-0.2, -0.15) is 18.1 Å². The lowest BCUT2D eigenvalue weighted by Gasteiger charge is -2.39. The number of halogens is 1. The number of alkyl carbamates (subject to hydrolysis) is 1. The third-order valence-corrected chi connectivity index (χ3v) is 24.9. The number of nitrogens with one attached hydrogen (secondary N) is 6. The van der Waals surface area contributed by atoms with Crippen LogP contribution in [-0.2, 0) is 70.9 Å². The van der Waals surface area contributed by atoms with Crippen molar-refractivity contribution in [3.8, 4) is 11.5 Å². The van der Waals surface area contributed by atoms with E-state index in [1.807, 2.05) is 113 Å². The van der Waals surface area contributed by atoms with Crippen LogP contribution >= 0.6 is 0 Å². The van der Waals surface area contributed by atoms with Gasteiger partial charge in [-0.25, -0.2) is 38.1 Å². The van der Waals surface area contributed by atoms with Crippen LogP contribution in [0, 0.1) is 5.92 Å². The average molecular weight is 1570 g/mol. The molecule has 5 amide bonds. The molecule has 2 saturated heterocycles. The molecule has 34 heteroatoms. The van der Waals surface area contributed by atoms with E-state index in [0.29, 0.717) is 45.0 Å². The van der Waals surface area contributed by atoms with Crippen LogP contribution in [0.4, 0.5) is 25.6 Å². The zero-order chi connectivity index (χ0) is 79.9. The number of imidazole rings is 2. The first kappa shape index (κ1) is 81.4. The van der Waals surface area contributed by atoms with Gasteiger partial charge in [0, 0.05) is 37.8 Å². The van der Waals surface area contributed by atoms with Gasteiger partial charge in [-0.15, -0.1) is 0 Å². The molecule has 0 saturated carbocycles. The highest BCUT2D eigenvalue weighted by Gasteiger charge is 2.53. The molecule has 590 valence electrons. The number of methoxy groups -OCH3 is 2.